The van der Waals surface area contributed by atoms with Crippen molar-refractivity contribution in [2.24, 2.45) is 0 Å². The van der Waals surface area contributed by atoms with E-state index < -0.39 is 42.5 Å². The van der Waals surface area contributed by atoms with Gasteiger partial charge in [-0.05, 0) is 6.42 Å². The molecule has 1 aliphatic heterocycles. The van der Waals surface area contributed by atoms with E-state index in [2.05, 4.69) is 0 Å². The highest BCUT2D eigenvalue weighted by molar-refractivity contribution is 5.81. The maximum atomic E-state index is 12.3. The Balaban J connectivity index is 2.56. The summed E-state index contributed by atoms with van der Waals surface area (Å²) in [6, 6.07) is 0. The SMILES string of the molecule is CC(=O)O[C@@H]1OC(CCN(C)C(=O)C(F)(F)F)C[C@H]1OC(C)=O. The normalized spacial score (nSPS) is 24.2. The molecule has 1 aliphatic rings. The number of hydrogen-bond donors (Lipinski definition) is 0. The summed E-state index contributed by atoms with van der Waals surface area (Å²) in [5.74, 6) is -3.19. The van der Waals surface area contributed by atoms with E-state index in [1.54, 1.807) is 0 Å². The Morgan fingerprint density at radius 1 is 1.17 bits per heavy atom. The molecule has 0 aliphatic carbocycles. The summed E-state index contributed by atoms with van der Waals surface area (Å²) in [4.78, 5) is 33.5. The monoisotopic (exact) mass is 341 g/mol. The third-order valence-electron chi connectivity index (χ3n) is 3.10. The average molecular weight is 341 g/mol. The Morgan fingerprint density at radius 3 is 2.22 bits per heavy atom. The standard InChI is InChI=1S/C13H18F3NO6/c1-7(18)21-10-6-9(23-11(10)22-8(2)19)4-5-17(3)12(20)13(14,15)16/h9-11H,4-6H2,1-3H3/t9?,10-,11-/m1/s1. The van der Waals surface area contributed by atoms with Gasteiger partial charge in [-0.15, -0.1) is 0 Å². The molecule has 0 aromatic carbocycles. The second-order valence-electron chi connectivity index (χ2n) is 5.13. The number of rotatable bonds is 5. The third kappa shape index (κ3) is 6.05. The van der Waals surface area contributed by atoms with Gasteiger partial charge in [0.2, 0.25) is 6.29 Å². The minimum atomic E-state index is -4.94. The molecule has 3 atom stereocenters. The minimum Gasteiger partial charge on any atom is -0.456 e. The van der Waals surface area contributed by atoms with Crippen molar-refractivity contribution in [2.45, 2.75) is 51.4 Å². The zero-order valence-corrected chi connectivity index (χ0v) is 12.9. The maximum absolute atomic E-state index is 12.3. The second-order valence-corrected chi connectivity index (χ2v) is 5.13. The zero-order valence-electron chi connectivity index (χ0n) is 12.9. The van der Waals surface area contributed by atoms with Gasteiger partial charge in [-0.3, -0.25) is 14.4 Å². The number of alkyl halides is 3. The Kier molecular flexibility index (Phi) is 6.37. The summed E-state index contributed by atoms with van der Waals surface area (Å²) in [7, 11) is 1.03. The highest BCUT2D eigenvalue weighted by atomic mass is 19.4. The van der Waals surface area contributed by atoms with Gasteiger partial charge in [0.15, 0.2) is 6.10 Å². The van der Waals surface area contributed by atoms with Crippen LogP contribution in [0.15, 0.2) is 0 Å². The predicted molar refractivity (Wildman–Crippen MR) is 68.9 cm³/mol. The van der Waals surface area contributed by atoms with Crippen LogP contribution in [0.5, 0.6) is 0 Å². The molecule has 0 radical (unpaired) electrons. The average Bonchev–Trinajstić information content (AvgIpc) is 2.74. The van der Waals surface area contributed by atoms with E-state index >= 15 is 0 Å². The van der Waals surface area contributed by atoms with E-state index in [1.165, 1.54) is 6.92 Å². The summed E-state index contributed by atoms with van der Waals surface area (Å²) in [6.45, 7) is 2.12. The second kappa shape index (κ2) is 7.62. The van der Waals surface area contributed by atoms with E-state index in [0.29, 0.717) is 4.90 Å². The molecule has 1 amide bonds. The first-order valence-corrected chi connectivity index (χ1v) is 6.83. The molecule has 0 N–H and O–H groups in total. The molecule has 132 valence electrons. The van der Waals surface area contributed by atoms with Crippen molar-refractivity contribution in [3.05, 3.63) is 0 Å². The van der Waals surface area contributed by atoms with E-state index in [9.17, 15) is 27.6 Å². The molecule has 1 saturated heterocycles. The van der Waals surface area contributed by atoms with Crippen LogP contribution in [-0.2, 0) is 28.6 Å². The van der Waals surface area contributed by atoms with Crippen LogP contribution in [0.2, 0.25) is 0 Å². The Morgan fingerprint density at radius 2 is 1.74 bits per heavy atom. The first-order valence-electron chi connectivity index (χ1n) is 6.83. The Hall–Kier alpha value is -1.84. The lowest BCUT2D eigenvalue weighted by Crippen LogP contribution is -2.39. The lowest BCUT2D eigenvalue weighted by molar-refractivity contribution is -0.194. The van der Waals surface area contributed by atoms with Crippen molar-refractivity contribution < 1.29 is 41.8 Å². The summed E-state index contributed by atoms with van der Waals surface area (Å²) in [5, 5.41) is 0. The van der Waals surface area contributed by atoms with E-state index in [4.69, 9.17) is 14.2 Å². The molecule has 7 nitrogen and oxygen atoms in total. The summed E-state index contributed by atoms with van der Waals surface area (Å²) >= 11 is 0. The fraction of sp³-hybridized carbons (Fsp3) is 0.769. The van der Waals surface area contributed by atoms with Crippen molar-refractivity contribution >= 4 is 17.8 Å². The summed E-state index contributed by atoms with van der Waals surface area (Å²) in [6.07, 6.45) is -7.24. The molecule has 0 aromatic heterocycles. The number of nitrogens with zero attached hydrogens (tertiary/aromatic N) is 1. The summed E-state index contributed by atoms with van der Waals surface area (Å²) < 4.78 is 52.0. The number of carbonyl (C=O) groups excluding carboxylic acids is 3. The van der Waals surface area contributed by atoms with Gasteiger partial charge in [-0.25, -0.2) is 0 Å². The molecule has 0 saturated carbocycles. The fourth-order valence-corrected chi connectivity index (χ4v) is 2.13. The van der Waals surface area contributed by atoms with Gasteiger partial charge in [0.1, 0.15) is 0 Å². The van der Waals surface area contributed by atoms with Crippen LogP contribution in [0.25, 0.3) is 0 Å². The van der Waals surface area contributed by atoms with Gasteiger partial charge in [-0.2, -0.15) is 13.2 Å². The molecule has 1 fully saturated rings. The number of carbonyl (C=O) groups is 3. The molecular weight excluding hydrogens is 323 g/mol. The van der Waals surface area contributed by atoms with Gasteiger partial charge in [0, 0.05) is 33.9 Å². The molecule has 1 rings (SSSR count). The quantitative estimate of drug-likeness (QED) is 0.694. The van der Waals surface area contributed by atoms with Crippen molar-refractivity contribution in [1.82, 2.24) is 4.90 Å². The van der Waals surface area contributed by atoms with Crippen LogP contribution in [0.4, 0.5) is 13.2 Å². The number of amides is 1. The number of esters is 2. The lowest BCUT2D eigenvalue weighted by atomic mass is 10.1. The highest BCUT2D eigenvalue weighted by Gasteiger charge is 2.43. The lowest BCUT2D eigenvalue weighted by Gasteiger charge is -2.20. The third-order valence-corrected chi connectivity index (χ3v) is 3.10. The van der Waals surface area contributed by atoms with E-state index in [-0.39, 0.29) is 19.4 Å². The van der Waals surface area contributed by atoms with E-state index in [0.717, 1.165) is 14.0 Å². The maximum Gasteiger partial charge on any atom is 0.471 e. The van der Waals surface area contributed by atoms with Crippen LogP contribution in [0, 0.1) is 0 Å². The van der Waals surface area contributed by atoms with Crippen molar-refractivity contribution in [3.8, 4) is 0 Å². The Labute approximate surface area is 130 Å². The number of halogens is 3. The molecular formula is C13H18F3NO6. The first kappa shape index (κ1) is 19.2. The number of ether oxygens (including phenoxy) is 3. The topological polar surface area (TPSA) is 82.1 Å². The highest BCUT2D eigenvalue weighted by Crippen LogP contribution is 2.27. The van der Waals surface area contributed by atoms with Crippen LogP contribution in [0.1, 0.15) is 26.7 Å². The van der Waals surface area contributed by atoms with Crippen LogP contribution in [-0.4, -0.2) is 61.0 Å². The predicted octanol–water partition coefficient (Wildman–Crippen LogP) is 1.01. The van der Waals surface area contributed by atoms with Crippen LogP contribution < -0.4 is 0 Å². The summed E-state index contributed by atoms with van der Waals surface area (Å²) in [5.41, 5.74) is 0. The molecule has 23 heavy (non-hydrogen) atoms. The van der Waals surface area contributed by atoms with E-state index in [1.807, 2.05) is 0 Å². The first-order chi connectivity index (χ1) is 10.5. The molecule has 0 aromatic rings. The molecule has 0 spiro atoms. The van der Waals surface area contributed by atoms with Crippen molar-refractivity contribution in [1.29, 1.82) is 0 Å². The smallest absolute Gasteiger partial charge is 0.456 e. The minimum absolute atomic E-state index is 0.0772. The van der Waals surface area contributed by atoms with Gasteiger partial charge in [0.25, 0.3) is 0 Å². The Bertz CT molecular complexity index is 443. The largest absolute Gasteiger partial charge is 0.471 e. The van der Waals surface area contributed by atoms with Crippen molar-refractivity contribution in [2.75, 3.05) is 13.6 Å². The molecule has 0 bridgehead atoms. The van der Waals surface area contributed by atoms with Gasteiger partial charge in [0.05, 0.1) is 6.10 Å². The fourth-order valence-electron chi connectivity index (χ4n) is 2.13. The zero-order chi connectivity index (χ0) is 17.8. The van der Waals surface area contributed by atoms with Crippen LogP contribution >= 0.6 is 0 Å². The van der Waals surface area contributed by atoms with Crippen molar-refractivity contribution in [3.63, 3.8) is 0 Å². The molecule has 10 heteroatoms. The number of hydrogen-bond acceptors (Lipinski definition) is 6. The molecule has 1 heterocycles. The van der Waals surface area contributed by atoms with Gasteiger partial charge in [-0.1, -0.05) is 0 Å². The molecule has 1 unspecified atom stereocenters. The van der Waals surface area contributed by atoms with Gasteiger partial charge >= 0.3 is 24.0 Å². The van der Waals surface area contributed by atoms with Crippen LogP contribution in [0.3, 0.4) is 0 Å². The van der Waals surface area contributed by atoms with Gasteiger partial charge < -0.3 is 19.1 Å².